The summed E-state index contributed by atoms with van der Waals surface area (Å²) in [5.74, 6) is -0.392. The lowest BCUT2D eigenvalue weighted by Gasteiger charge is -2.12. The van der Waals surface area contributed by atoms with E-state index in [1.54, 1.807) is 18.2 Å². The number of aliphatic hydroxyl groups excluding tert-OH is 1. The maximum Gasteiger partial charge on any atom is 0.175 e. The second-order valence-corrected chi connectivity index (χ2v) is 7.77. The van der Waals surface area contributed by atoms with Crippen LogP contribution in [0.1, 0.15) is 17.2 Å². The Kier molecular flexibility index (Phi) is 4.81. The van der Waals surface area contributed by atoms with Crippen molar-refractivity contribution in [3.05, 3.63) is 63.9 Å². The molecule has 0 aliphatic heterocycles. The number of halogens is 2. The van der Waals surface area contributed by atoms with Gasteiger partial charge in [0.25, 0.3) is 0 Å². The zero-order valence-corrected chi connectivity index (χ0v) is 13.7. The van der Waals surface area contributed by atoms with Gasteiger partial charge in [-0.1, -0.05) is 28.1 Å². The normalized spacial score (nSPS) is 13.1. The molecule has 21 heavy (non-hydrogen) atoms. The van der Waals surface area contributed by atoms with Crippen molar-refractivity contribution in [3.63, 3.8) is 0 Å². The van der Waals surface area contributed by atoms with Crippen molar-refractivity contribution in [1.29, 1.82) is 0 Å². The molecule has 0 aliphatic carbocycles. The molecular weight excluding hydrogens is 359 g/mol. The zero-order valence-electron chi connectivity index (χ0n) is 11.3. The SMILES string of the molecule is CS(=O)(=O)c1cccc(C(O)Cc2cc(F)cc(Br)c2)c1. The Balaban J connectivity index is 2.26. The Hall–Kier alpha value is -1.24. The zero-order chi connectivity index (χ0) is 15.6. The Labute approximate surface area is 131 Å². The van der Waals surface area contributed by atoms with Crippen LogP contribution in [0.2, 0.25) is 0 Å². The third-order valence-corrected chi connectivity index (χ3v) is 4.59. The van der Waals surface area contributed by atoms with E-state index in [0.717, 1.165) is 6.26 Å². The van der Waals surface area contributed by atoms with Gasteiger partial charge in [-0.3, -0.25) is 0 Å². The lowest BCUT2D eigenvalue weighted by molar-refractivity contribution is 0.178. The molecule has 2 rings (SSSR count). The molecule has 2 aromatic carbocycles. The molecule has 1 unspecified atom stereocenters. The van der Waals surface area contributed by atoms with Crippen LogP contribution in [-0.2, 0) is 16.3 Å². The molecule has 0 bridgehead atoms. The first-order valence-electron chi connectivity index (χ1n) is 6.19. The standard InChI is InChI=1S/C15H14BrFO3S/c1-21(19,20)14-4-2-3-11(8-14)15(18)7-10-5-12(16)9-13(17)6-10/h2-6,8-9,15,18H,7H2,1H3. The molecule has 3 nitrogen and oxygen atoms in total. The van der Waals surface area contributed by atoms with Crippen LogP contribution in [0.15, 0.2) is 51.8 Å². The van der Waals surface area contributed by atoms with E-state index in [0.29, 0.717) is 15.6 Å². The fraction of sp³-hybridized carbons (Fsp3) is 0.200. The van der Waals surface area contributed by atoms with Crippen LogP contribution in [-0.4, -0.2) is 19.8 Å². The van der Waals surface area contributed by atoms with Gasteiger partial charge in [0.2, 0.25) is 0 Å². The number of benzene rings is 2. The van der Waals surface area contributed by atoms with Gasteiger partial charge in [-0.15, -0.1) is 0 Å². The van der Waals surface area contributed by atoms with Gasteiger partial charge >= 0.3 is 0 Å². The van der Waals surface area contributed by atoms with Crippen molar-refractivity contribution in [3.8, 4) is 0 Å². The third kappa shape index (κ3) is 4.36. The highest BCUT2D eigenvalue weighted by Gasteiger charge is 2.13. The first-order valence-corrected chi connectivity index (χ1v) is 8.87. The summed E-state index contributed by atoms with van der Waals surface area (Å²) in [7, 11) is -3.32. The van der Waals surface area contributed by atoms with Crippen molar-refractivity contribution >= 4 is 25.8 Å². The second kappa shape index (κ2) is 6.25. The highest BCUT2D eigenvalue weighted by Crippen LogP contribution is 2.23. The fourth-order valence-electron chi connectivity index (χ4n) is 2.02. The Bertz CT molecular complexity index is 739. The molecular formula is C15H14BrFO3S. The van der Waals surface area contributed by atoms with Crippen molar-refractivity contribution in [2.24, 2.45) is 0 Å². The Morgan fingerprint density at radius 2 is 1.95 bits per heavy atom. The number of hydrogen-bond donors (Lipinski definition) is 1. The molecule has 1 atom stereocenters. The molecule has 0 amide bonds. The van der Waals surface area contributed by atoms with Gasteiger partial charge in [-0.05, 0) is 41.5 Å². The van der Waals surface area contributed by atoms with Crippen LogP contribution in [0.25, 0.3) is 0 Å². The maximum absolute atomic E-state index is 13.3. The molecule has 0 aromatic heterocycles. The van der Waals surface area contributed by atoms with Gasteiger partial charge in [0.05, 0.1) is 11.0 Å². The van der Waals surface area contributed by atoms with Crippen LogP contribution in [0.4, 0.5) is 4.39 Å². The molecule has 0 saturated carbocycles. The van der Waals surface area contributed by atoms with Crippen molar-refractivity contribution in [2.75, 3.05) is 6.26 Å². The summed E-state index contributed by atoms with van der Waals surface area (Å²) in [5.41, 5.74) is 1.11. The second-order valence-electron chi connectivity index (χ2n) is 4.84. The summed E-state index contributed by atoms with van der Waals surface area (Å²) in [6.45, 7) is 0. The predicted molar refractivity (Wildman–Crippen MR) is 82.3 cm³/mol. The lowest BCUT2D eigenvalue weighted by atomic mass is 10.0. The molecule has 1 N–H and O–H groups in total. The van der Waals surface area contributed by atoms with Crippen LogP contribution in [0.3, 0.4) is 0 Å². The summed E-state index contributed by atoms with van der Waals surface area (Å²) in [4.78, 5) is 0.152. The van der Waals surface area contributed by atoms with Gasteiger partial charge in [-0.2, -0.15) is 0 Å². The van der Waals surface area contributed by atoms with Gasteiger partial charge < -0.3 is 5.11 Å². The summed E-state index contributed by atoms with van der Waals surface area (Å²) in [5, 5.41) is 10.2. The van der Waals surface area contributed by atoms with E-state index in [4.69, 9.17) is 0 Å². The van der Waals surface area contributed by atoms with Crippen LogP contribution >= 0.6 is 15.9 Å². The monoisotopic (exact) mass is 372 g/mol. The van der Waals surface area contributed by atoms with Crippen LogP contribution in [0, 0.1) is 5.82 Å². The van der Waals surface area contributed by atoms with E-state index in [2.05, 4.69) is 15.9 Å². The number of rotatable bonds is 4. The summed E-state index contributed by atoms with van der Waals surface area (Å²) in [6.07, 6.45) is 0.409. The molecule has 0 heterocycles. The van der Waals surface area contributed by atoms with Crippen molar-refractivity contribution in [2.45, 2.75) is 17.4 Å². The quantitative estimate of drug-likeness (QED) is 0.895. The van der Waals surface area contributed by atoms with Crippen LogP contribution < -0.4 is 0 Å². The molecule has 2 aromatic rings. The van der Waals surface area contributed by atoms with E-state index in [1.165, 1.54) is 24.3 Å². The molecule has 0 radical (unpaired) electrons. The minimum Gasteiger partial charge on any atom is -0.388 e. The van der Waals surface area contributed by atoms with E-state index in [1.807, 2.05) is 0 Å². The molecule has 0 spiro atoms. The molecule has 0 saturated heterocycles. The van der Waals surface area contributed by atoms with Gasteiger partial charge in [-0.25, -0.2) is 12.8 Å². The first-order chi connectivity index (χ1) is 9.75. The lowest BCUT2D eigenvalue weighted by Crippen LogP contribution is -2.04. The smallest absolute Gasteiger partial charge is 0.175 e. The van der Waals surface area contributed by atoms with E-state index < -0.39 is 21.8 Å². The average Bonchev–Trinajstić information content (AvgIpc) is 2.36. The maximum atomic E-state index is 13.3. The van der Waals surface area contributed by atoms with Crippen molar-refractivity contribution in [1.82, 2.24) is 0 Å². The Morgan fingerprint density at radius 1 is 1.24 bits per heavy atom. The fourth-order valence-corrected chi connectivity index (χ4v) is 3.21. The minimum absolute atomic E-state index is 0.152. The molecule has 0 aliphatic rings. The number of hydrogen-bond acceptors (Lipinski definition) is 3. The van der Waals surface area contributed by atoms with Crippen molar-refractivity contribution < 1.29 is 17.9 Å². The van der Waals surface area contributed by atoms with E-state index >= 15 is 0 Å². The number of sulfone groups is 1. The number of aliphatic hydroxyl groups is 1. The summed E-state index contributed by atoms with van der Waals surface area (Å²) >= 11 is 3.20. The van der Waals surface area contributed by atoms with E-state index in [9.17, 15) is 17.9 Å². The largest absolute Gasteiger partial charge is 0.388 e. The average molecular weight is 373 g/mol. The van der Waals surface area contributed by atoms with Gasteiger partial charge in [0, 0.05) is 17.1 Å². The third-order valence-electron chi connectivity index (χ3n) is 3.02. The summed E-state index contributed by atoms with van der Waals surface area (Å²) in [6, 6.07) is 10.5. The molecule has 0 fully saturated rings. The van der Waals surface area contributed by atoms with Gasteiger partial charge in [0.1, 0.15) is 5.82 Å². The topological polar surface area (TPSA) is 54.4 Å². The van der Waals surface area contributed by atoms with E-state index in [-0.39, 0.29) is 11.3 Å². The van der Waals surface area contributed by atoms with Crippen LogP contribution in [0.5, 0.6) is 0 Å². The summed E-state index contributed by atoms with van der Waals surface area (Å²) < 4.78 is 36.9. The predicted octanol–water partition coefficient (Wildman–Crippen LogP) is 3.27. The first kappa shape index (κ1) is 16.1. The molecule has 6 heteroatoms. The minimum atomic E-state index is -3.32. The molecule has 112 valence electrons. The highest BCUT2D eigenvalue weighted by molar-refractivity contribution is 9.10. The Morgan fingerprint density at radius 3 is 2.57 bits per heavy atom. The van der Waals surface area contributed by atoms with Gasteiger partial charge in [0.15, 0.2) is 9.84 Å². The highest BCUT2D eigenvalue weighted by atomic mass is 79.9.